The number of rotatable bonds is 10. The highest BCUT2D eigenvalue weighted by Gasteiger charge is 2.34. The van der Waals surface area contributed by atoms with Gasteiger partial charge in [0.05, 0.1) is 0 Å². The van der Waals surface area contributed by atoms with Crippen LogP contribution in [0.25, 0.3) is 0 Å². The monoisotopic (exact) mass is 454 g/mol. The molecule has 32 heavy (non-hydrogen) atoms. The van der Waals surface area contributed by atoms with Crippen molar-refractivity contribution in [3.8, 4) is 11.5 Å². The summed E-state index contributed by atoms with van der Waals surface area (Å²) in [5, 5.41) is 0. The third kappa shape index (κ3) is 7.13. The predicted octanol–water partition coefficient (Wildman–Crippen LogP) is 7.55. The molecular weight excluding hydrogens is 408 g/mol. The van der Waals surface area contributed by atoms with Crippen LogP contribution in [0, 0.1) is 20.8 Å². The lowest BCUT2D eigenvalue weighted by atomic mass is 9.85. The molecule has 1 aromatic rings. The van der Waals surface area contributed by atoms with Gasteiger partial charge in [-0.2, -0.15) is 0 Å². The molecule has 0 saturated heterocycles. The zero-order chi connectivity index (χ0) is 23.9. The Morgan fingerprint density at radius 1 is 0.906 bits per heavy atom. The second-order valence-corrected chi connectivity index (χ2v) is 10.7. The van der Waals surface area contributed by atoms with Crippen LogP contribution in [0.4, 0.5) is 0 Å². The minimum atomic E-state index is -0.0851. The molecule has 0 spiro atoms. The summed E-state index contributed by atoms with van der Waals surface area (Å²) in [6, 6.07) is 0. The Kier molecular flexibility index (Phi) is 9.88. The van der Waals surface area contributed by atoms with E-state index in [4.69, 9.17) is 9.16 Å². The molecule has 0 bridgehead atoms. The van der Waals surface area contributed by atoms with Crippen molar-refractivity contribution in [2.24, 2.45) is 0 Å². The smallest absolute Gasteiger partial charge is 0.204 e. The highest BCUT2D eigenvalue weighted by Crippen LogP contribution is 2.44. The summed E-state index contributed by atoms with van der Waals surface area (Å²) in [6.07, 6.45) is 16.1. The standard InChI is InChI=1S/C29H46O2Si/c1-20(2)12-9-13-21(3)14-10-15-22(4)16-11-18-29(8)19-17-26-25(7)27(31-32)23(5)24(6)28(26)30-29/h12,14,16H,9-11,13,15,17-19H2,1-8,32H3/b21-14+,22-16+/t29-/m0/s1. The SMILES string of the molecule is CC(C)=CCC/C(C)=C/CC/C(C)=C/CC[C@@]1(C)CCc2c(C)c(O[SiH3])c(C)c(C)c2O1. The van der Waals surface area contributed by atoms with Crippen molar-refractivity contribution < 1.29 is 9.16 Å². The summed E-state index contributed by atoms with van der Waals surface area (Å²) < 4.78 is 12.5. The van der Waals surface area contributed by atoms with Crippen LogP contribution in [-0.2, 0) is 6.42 Å². The van der Waals surface area contributed by atoms with E-state index in [-0.39, 0.29) is 5.60 Å². The highest BCUT2D eigenvalue weighted by molar-refractivity contribution is 6.00. The normalized spacial score (nSPS) is 18.9. The van der Waals surface area contributed by atoms with Gasteiger partial charge in [0.15, 0.2) is 0 Å². The van der Waals surface area contributed by atoms with Crippen molar-refractivity contribution >= 4 is 10.5 Å². The van der Waals surface area contributed by atoms with Crippen molar-refractivity contribution in [3.63, 3.8) is 0 Å². The van der Waals surface area contributed by atoms with Gasteiger partial charge in [-0.05, 0) is 123 Å². The van der Waals surface area contributed by atoms with Crippen LogP contribution in [0.1, 0.15) is 102 Å². The Labute approximate surface area is 200 Å². The van der Waals surface area contributed by atoms with Crippen molar-refractivity contribution in [2.75, 3.05) is 0 Å². The molecule has 1 heterocycles. The highest BCUT2D eigenvalue weighted by atomic mass is 28.2. The van der Waals surface area contributed by atoms with E-state index in [1.54, 1.807) is 0 Å². The van der Waals surface area contributed by atoms with E-state index in [0.717, 1.165) is 66.9 Å². The van der Waals surface area contributed by atoms with E-state index in [1.807, 2.05) is 0 Å². The summed E-state index contributed by atoms with van der Waals surface area (Å²) in [5.41, 5.74) is 9.46. The average molecular weight is 455 g/mol. The van der Waals surface area contributed by atoms with Gasteiger partial charge in [-0.1, -0.05) is 34.9 Å². The molecule has 3 heteroatoms. The van der Waals surface area contributed by atoms with Gasteiger partial charge in [0.1, 0.15) is 17.1 Å². The summed E-state index contributed by atoms with van der Waals surface area (Å²) in [4.78, 5) is 0. The molecule has 0 radical (unpaired) electrons. The van der Waals surface area contributed by atoms with Crippen LogP contribution in [0.2, 0.25) is 0 Å². The van der Waals surface area contributed by atoms with E-state index < -0.39 is 0 Å². The Hall–Kier alpha value is -1.74. The molecule has 0 saturated carbocycles. The lowest BCUT2D eigenvalue weighted by Gasteiger charge is -2.38. The van der Waals surface area contributed by atoms with Gasteiger partial charge >= 0.3 is 0 Å². The van der Waals surface area contributed by atoms with E-state index in [9.17, 15) is 0 Å². The molecule has 1 atom stereocenters. The Bertz CT molecular complexity index is 887. The number of hydrogen-bond donors (Lipinski definition) is 0. The number of fused-ring (bicyclic) bond motifs is 1. The van der Waals surface area contributed by atoms with E-state index in [1.165, 1.54) is 45.4 Å². The number of ether oxygens (including phenoxy) is 1. The molecule has 0 unspecified atom stereocenters. The fraction of sp³-hybridized carbons (Fsp3) is 0.586. The number of hydrogen-bond acceptors (Lipinski definition) is 2. The third-order valence-electron chi connectivity index (χ3n) is 7.06. The zero-order valence-corrected chi connectivity index (χ0v) is 24.2. The molecule has 1 aromatic carbocycles. The zero-order valence-electron chi connectivity index (χ0n) is 22.2. The lowest BCUT2D eigenvalue weighted by molar-refractivity contribution is 0.0559. The Balaban J connectivity index is 1.91. The van der Waals surface area contributed by atoms with E-state index in [0.29, 0.717) is 0 Å². The fourth-order valence-electron chi connectivity index (χ4n) is 4.73. The third-order valence-corrected chi connectivity index (χ3v) is 7.46. The molecule has 0 fully saturated rings. The number of benzene rings is 1. The topological polar surface area (TPSA) is 18.5 Å². The summed E-state index contributed by atoms with van der Waals surface area (Å²) in [7, 11) is 0.724. The van der Waals surface area contributed by atoms with Crippen molar-refractivity contribution in [1.29, 1.82) is 0 Å². The quantitative estimate of drug-likeness (QED) is 0.268. The first-order valence-electron chi connectivity index (χ1n) is 12.4. The molecule has 2 nitrogen and oxygen atoms in total. The van der Waals surface area contributed by atoms with Crippen LogP contribution >= 0.6 is 0 Å². The maximum absolute atomic E-state index is 6.67. The Morgan fingerprint density at radius 2 is 1.50 bits per heavy atom. The fourth-order valence-corrected chi connectivity index (χ4v) is 5.34. The molecule has 0 aromatic heterocycles. The van der Waals surface area contributed by atoms with Gasteiger partial charge in [0.25, 0.3) is 0 Å². The summed E-state index contributed by atoms with van der Waals surface area (Å²) in [5.74, 6) is 2.20. The van der Waals surface area contributed by atoms with Crippen LogP contribution in [0.3, 0.4) is 0 Å². The molecule has 0 amide bonds. The Morgan fingerprint density at radius 3 is 2.09 bits per heavy atom. The maximum Gasteiger partial charge on any atom is 0.204 e. The summed E-state index contributed by atoms with van der Waals surface area (Å²) >= 11 is 0. The van der Waals surface area contributed by atoms with Crippen LogP contribution < -0.4 is 9.16 Å². The second kappa shape index (κ2) is 11.9. The van der Waals surface area contributed by atoms with E-state index in [2.05, 4.69) is 73.6 Å². The maximum atomic E-state index is 6.67. The van der Waals surface area contributed by atoms with Crippen molar-refractivity contribution in [2.45, 2.75) is 112 Å². The van der Waals surface area contributed by atoms with Gasteiger partial charge < -0.3 is 9.16 Å². The number of allylic oxidation sites excluding steroid dienone is 6. The molecule has 1 aliphatic rings. The largest absolute Gasteiger partial charge is 0.553 e. The molecule has 0 N–H and O–H groups in total. The summed E-state index contributed by atoms with van der Waals surface area (Å²) in [6.45, 7) is 17.7. The second-order valence-electron chi connectivity index (χ2n) is 10.3. The molecule has 1 aliphatic heterocycles. The first-order valence-corrected chi connectivity index (χ1v) is 13.2. The van der Waals surface area contributed by atoms with Gasteiger partial charge in [-0.15, -0.1) is 0 Å². The van der Waals surface area contributed by atoms with Crippen molar-refractivity contribution in [3.05, 3.63) is 57.2 Å². The van der Waals surface area contributed by atoms with E-state index >= 15 is 0 Å². The minimum absolute atomic E-state index is 0.0851. The first kappa shape index (κ1) is 26.5. The molecular formula is C29H46O2Si. The molecule has 178 valence electrons. The average Bonchev–Trinajstić information content (AvgIpc) is 2.72. The minimum Gasteiger partial charge on any atom is -0.553 e. The first-order chi connectivity index (χ1) is 15.1. The van der Waals surface area contributed by atoms with Gasteiger partial charge in [0, 0.05) is 5.56 Å². The molecule has 0 aliphatic carbocycles. The van der Waals surface area contributed by atoms with Gasteiger partial charge in [0.2, 0.25) is 10.5 Å². The van der Waals surface area contributed by atoms with Crippen LogP contribution in [-0.4, -0.2) is 16.1 Å². The van der Waals surface area contributed by atoms with Gasteiger partial charge in [-0.25, -0.2) is 0 Å². The molecule has 2 rings (SSSR count). The van der Waals surface area contributed by atoms with Crippen LogP contribution in [0.15, 0.2) is 34.9 Å². The van der Waals surface area contributed by atoms with Gasteiger partial charge in [-0.3, -0.25) is 0 Å². The predicted molar refractivity (Wildman–Crippen MR) is 143 cm³/mol. The van der Waals surface area contributed by atoms with Crippen molar-refractivity contribution in [1.82, 2.24) is 0 Å². The lowest BCUT2D eigenvalue weighted by Crippen LogP contribution is -2.37. The van der Waals surface area contributed by atoms with Crippen LogP contribution in [0.5, 0.6) is 11.5 Å².